The van der Waals surface area contributed by atoms with E-state index in [0.717, 1.165) is 5.69 Å². The number of nitro groups is 1. The molecule has 1 saturated heterocycles. The maximum Gasteiger partial charge on any atom is 0.283 e. The quantitative estimate of drug-likeness (QED) is 0.459. The molecule has 2 aromatic carbocycles. The van der Waals surface area contributed by atoms with E-state index in [-0.39, 0.29) is 16.5 Å². The van der Waals surface area contributed by atoms with Crippen LogP contribution in [0.5, 0.6) is 0 Å². The number of aryl methyl sites for hydroxylation is 1. The number of hydrogen-bond acceptors (Lipinski definition) is 7. The van der Waals surface area contributed by atoms with Gasteiger partial charge in [0.25, 0.3) is 11.6 Å². The van der Waals surface area contributed by atoms with Crippen LogP contribution in [0.1, 0.15) is 10.4 Å². The Morgan fingerprint density at radius 3 is 2.47 bits per heavy atom. The highest BCUT2D eigenvalue weighted by Gasteiger charge is 2.24. The molecule has 0 bridgehead atoms. The predicted octanol–water partition coefficient (Wildman–Crippen LogP) is 2.84. The lowest BCUT2D eigenvalue weighted by atomic mass is 10.1. The summed E-state index contributed by atoms with van der Waals surface area (Å²) in [6.07, 6.45) is 1.56. The van der Waals surface area contributed by atoms with Crippen LogP contribution in [0.15, 0.2) is 64.9 Å². The van der Waals surface area contributed by atoms with Crippen LogP contribution in [-0.2, 0) is 7.05 Å². The van der Waals surface area contributed by atoms with Gasteiger partial charge in [-0.3, -0.25) is 14.9 Å². The SMILES string of the molecule is Cn1cnnc1Sc1cc(N2CCN(C(=O)c3ccccc3)CC2)ccc1[N+](=O)[O-]. The number of carbonyl (C=O) groups is 1. The molecular weight excluding hydrogens is 404 g/mol. The van der Waals surface area contributed by atoms with E-state index in [1.54, 1.807) is 24.0 Å². The van der Waals surface area contributed by atoms with Gasteiger partial charge in [0, 0.05) is 50.5 Å². The smallest absolute Gasteiger partial charge is 0.283 e. The fourth-order valence-electron chi connectivity index (χ4n) is 3.33. The molecule has 1 aliphatic rings. The zero-order valence-corrected chi connectivity index (χ0v) is 17.2. The summed E-state index contributed by atoms with van der Waals surface area (Å²) in [7, 11) is 1.79. The van der Waals surface area contributed by atoms with E-state index in [1.807, 2.05) is 41.3 Å². The molecule has 0 saturated carbocycles. The Kier molecular flexibility index (Phi) is 5.66. The lowest BCUT2D eigenvalue weighted by Crippen LogP contribution is -2.48. The lowest BCUT2D eigenvalue weighted by Gasteiger charge is -2.36. The van der Waals surface area contributed by atoms with Gasteiger partial charge in [0.2, 0.25) is 0 Å². The molecule has 0 unspecified atom stereocenters. The van der Waals surface area contributed by atoms with Crippen LogP contribution in [0.3, 0.4) is 0 Å². The number of hydrogen-bond donors (Lipinski definition) is 0. The highest BCUT2D eigenvalue weighted by atomic mass is 32.2. The zero-order chi connectivity index (χ0) is 21.1. The lowest BCUT2D eigenvalue weighted by molar-refractivity contribution is -0.387. The Balaban J connectivity index is 1.49. The van der Waals surface area contributed by atoms with Crippen LogP contribution >= 0.6 is 11.8 Å². The molecule has 10 heteroatoms. The van der Waals surface area contributed by atoms with Crippen molar-refractivity contribution in [3.63, 3.8) is 0 Å². The fourth-order valence-corrected chi connectivity index (χ4v) is 4.23. The number of amides is 1. The average molecular weight is 424 g/mol. The number of rotatable bonds is 5. The van der Waals surface area contributed by atoms with E-state index >= 15 is 0 Å². The first-order valence-corrected chi connectivity index (χ1v) is 10.2. The van der Waals surface area contributed by atoms with E-state index in [1.165, 1.54) is 17.8 Å². The number of nitrogens with zero attached hydrogens (tertiary/aromatic N) is 6. The third-order valence-corrected chi connectivity index (χ3v) is 6.06. The summed E-state index contributed by atoms with van der Waals surface area (Å²) in [6, 6.07) is 14.3. The van der Waals surface area contributed by atoms with E-state index in [2.05, 4.69) is 15.1 Å². The minimum Gasteiger partial charge on any atom is -0.368 e. The standard InChI is InChI=1S/C20H20N6O3S/c1-23-14-21-22-20(23)30-18-13-16(7-8-17(18)26(28)29)24-9-11-25(12-10-24)19(27)15-5-3-2-4-6-15/h2-8,13-14H,9-12H2,1H3. The average Bonchev–Trinajstić information content (AvgIpc) is 3.18. The molecule has 0 spiro atoms. The van der Waals surface area contributed by atoms with Gasteiger partial charge < -0.3 is 14.4 Å². The summed E-state index contributed by atoms with van der Waals surface area (Å²) in [5, 5.41) is 19.9. The van der Waals surface area contributed by atoms with Crippen molar-refractivity contribution in [2.45, 2.75) is 10.1 Å². The van der Waals surface area contributed by atoms with Gasteiger partial charge in [0.15, 0.2) is 5.16 Å². The Morgan fingerprint density at radius 2 is 1.83 bits per heavy atom. The van der Waals surface area contributed by atoms with Gasteiger partial charge in [-0.2, -0.15) is 0 Å². The summed E-state index contributed by atoms with van der Waals surface area (Å²) >= 11 is 1.21. The maximum atomic E-state index is 12.6. The maximum absolute atomic E-state index is 12.6. The Hall–Kier alpha value is -3.40. The van der Waals surface area contributed by atoms with Gasteiger partial charge >= 0.3 is 0 Å². The van der Waals surface area contributed by atoms with Gasteiger partial charge in [0.1, 0.15) is 6.33 Å². The minimum absolute atomic E-state index is 0.0254. The van der Waals surface area contributed by atoms with E-state index in [0.29, 0.717) is 41.8 Å². The Bertz CT molecular complexity index is 1060. The van der Waals surface area contributed by atoms with E-state index in [4.69, 9.17) is 0 Å². The van der Waals surface area contributed by atoms with Crippen molar-refractivity contribution in [1.82, 2.24) is 19.7 Å². The Morgan fingerprint density at radius 1 is 1.10 bits per heavy atom. The molecule has 0 aliphatic carbocycles. The molecule has 1 aromatic heterocycles. The molecule has 9 nitrogen and oxygen atoms in total. The van der Waals surface area contributed by atoms with Crippen LogP contribution in [0, 0.1) is 10.1 Å². The van der Waals surface area contributed by atoms with Crippen molar-refractivity contribution >= 4 is 29.0 Å². The van der Waals surface area contributed by atoms with Crippen molar-refractivity contribution < 1.29 is 9.72 Å². The van der Waals surface area contributed by atoms with Crippen LogP contribution in [0.4, 0.5) is 11.4 Å². The van der Waals surface area contributed by atoms with Gasteiger partial charge in [0.05, 0.1) is 9.82 Å². The molecule has 1 amide bonds. The Labute approximate surface area is 177 Å². The summed E-state index contributed by atoms with van der Waals surface area (Å²) in [6.45, 7) is 2.50. The monoisotopic (exact) mass is 424 g/mol. The predicted molar refractivity (Wildman–Crippen MR) is 113 cm³/mol. The molecule has 154 valence electrons. The molecule has 2 heterocycles. The molecule has 1 aliphatic heterocycles. The molecule has 4 rings (SSSR count). The largest absolute Gasteiger partial charge is 0.368 e. The van der Waals surface area contributed by atoms with Gasteiger partial charge in [-0.15, -0.1) is 10.2 Å². The number of carbonyl (C=O) groups excluding carboxylic acids is 1. The molecule has 1 fully saturated rings. The second kappa shape index (κ2) is 8.54. The molecule has 30 heavy (non-hydrogen) atoms. The molecule has 0 atom stereocenters. The molecule has 0 N–H and O–H groups in total. The molecular formula is C20H20N6O3S. The first-order valence-electron chi connectivity index (χ1n) is 9.42. The zero-order valence-electron chi connectivity index (χ0n) is 16.3. The molecule has 3 aromatic rings. The number of benzene rings is 2. The fraction of sp³-hybridized carbons (Fsp3) is 0.250. The van der Waals surface area contributed by atoms with Crippen molar-refractivity contribution in [2.75, 3.05) is 31.1 Å². The van der Waals surface area contributed by atoms with Crippen LogP contribution in [0.25, 0.3) is 0 Å². The second-order valence-electron chi connectivity index (χ2n) is 6.88. The summed E-state index contributed by atoms with van der Waals surface area (Å²) in [5.74, 6) is 0.0254. The van der Waals surface area contributed by atoms with E-state index < -0.39 is 0 Å². The van der Waals surface area contributed by atoms with Gasteiger partial charge in [-0.25, -0.2) is 0 Å². The highest BCUT2D eigenvalue weighted by molar-refractivity contribution is 7.99. The second-order valence-corrected chi connectivity index (χ2v) is 7.89. The third kappa shape index (κ3) is 4.13. The third-order valence-electron chi connectivity index (χ3n) is 4.96. The van der Waals surface area contributed by atoms with Crippen LogP contribution < -0.4 is 4.90 Å². The normalized spacial score (nSPS) is 14.0. The van der Waals surface area contributed by atoms with Crippen molar-refractivity contribution in [3.05, 3.63) is 70.5 Å². The number of aromatic nitrogens is 3. The van der Waals surface area contributed by atoms with E-state index in [9.17, 15) is 14.9 Å². The topological polar surface area (TPSA) is 97.4 Å². The van der Waals surface area contributed by atoms with Crippen LogP contribution in [-0.4, -0.2) is 56.7 Å². The van der Waals surface area contributed by atoms with Crippen molar-refractivity contribution in [2.24, 2.45) is 7.05 Å². The summed E-state index contributed by atoms with van der Waals surface area (Å²) in [5.41, 5.74) is 1.60. The number of anilines is 1. The van der Waals surface area contributed by atoms with Crippen molar-refractivity contribution in [1.29, 1.82) is 0 Å². The van der Waals surface area contributed by atoms with Gasteiger partial charge in [-0.1, -0.05) is 18.2 Å². The minimum atomic E-state index is -0.390. The van der Waals surface area contributed by atoms with Gasteiger partial charge in [-0.05, 0) is 36.0 Å². The van der Waals surface area contributed by atoms with Crippen molar-refractivity contribution in [3.8, 4) is 0 Å². The highest BCUT2D eigenvalue weighted by Crippen LogP contribution is 2.36. The van der Waals surface area contributed by atoms with Crippen LogP contribution in [0.2, 0.25) is 0 Å². The summed E-state index contributed by atoms with van der Waals surface area (Å²) in [4.78, 5) is 28.2. The first kappa shape index (κ1) is 19.9. The first-order chi connectivity index (χ1) is 14.5. The molecule has 0 radical (unpaired) electrons. The number of nitro benzene ring substituents is 1. The number of piperazine rings is 1. The summed E-state index contributed by atoms with van der Waals surface area (Å²) < 4.78 is 1.72.